The second kappa shape index (κ2) is 6.35. The number of aromatic hydroxyl groups is 2. The summed E-state index contributed by atoms with van der Waals surface area (Å²) in [6.07, 6.45) is 5.53. The number of phenolic OH excluding ortho intramolecular Hbond substituents is 2. The van der Waals surface area contributed by atoms with Gasteiger partial charge in [-0.15, -0.1) is 11.6 Å². The van der Waals surface area contributed by atoms with E-state index in [1.807, 2.05) is 0 Å². The van der Waals surface area contributed by atoms with E-state index in [2.05, 4.69) is 5.32 Å². The van der Waals surface area contributed by atoms with Crippen LogP contribution in [0.3, 0.4) is 0 Å². The quantitative estimate of drug-likeness (QED) is 0.591. The Labute approximate surface area is 123 Å². The Bertz CT molecular complexity index is 484. The zero-order valence-electron chi connectivity index (χ0n) is 11.4. The fourth-order valence-corrected chi connectivity index (χ4v) is 3.09. The van der Waals surface area contributed by atoms with Gasteiger partial charge in [0.25, 0.3) is 5.91 Å². The molecule has 0 radical (unpaired) electrons. The Morgan fingerprint density at radius 3 is 2.60 bits per heavy atom. The first-order chi connectivity index (χ1) is 9.56. The highest BCUT2D eigenvalue weighted by Crippen LogP contribution is 2.36. The molecule has 0 aliphatic heterocycles. The van der Waals surface area contributed by atoms with Crippen LogP contribution in [0.5, 0.6) is 11.5 Å². The SMILES string of the molecule is O=C(NCC1(CCl)CCCCC1)c1cc(O)ccc1O. The summed E-state index contributed by atoms with van der Waals surface area (Å²) in [5.74, 6) is -0.0331. The Morgan fingerprint density at radius 1 is 1.25 bits per heavy atom. The molecule has 20 heavy (non-hydrogen) atoms. The summed E-state index contributed by atoms with van der Waals surface area (Å²) in [4.78, 5) is 12.1. The molecule has 0 aromatic heterocycles. The molecular formula is C15H20ClNO3. The van der Waals surface area contributed by atoms with Gasteiger partial charge in [0.15, 0.2) is 0 Å². The molecule has 1 aliphatic carbocycles. The maximum atomic E-state index is 12.1. The lowest BCUT2D eigenvalue weighted by atomic mass is 9.75. The molecule has 1 amide bonds. The first kappa shape index (κ1) is 15.0. The van der Waals surface area contributed by atoms with E-state index in [1.165, 1.54) is 24.6 Å². The van der Waals surface area contributed by atoms with Gasteiger partial charge in [0.2, 0.25) is 0 Å². The summed E-state index contributed by atoms with van der Waals surface area (Å²) in [5, 5.41) is 21.9. The van der Waals surface area contributed by atoms with Crippen molar-refractivity contribution in [3.63, 3.8) is 0 Å². The Morgan fingerprint density at radius 2 is 1.95 bits per heavy atom. The largest absolute Gasteiger partial charge is 0.508 e. The van der Waals surface area contributed by atoms with E-state index < -0.39 is 0 Å². The molecule has 0 spiro atoms. The molecule has 1 saturated carbocycles. The number of halogens is 1. The average Bonchev–Trinajstić information content (AvgIpc) is 2.48. The van der Waals surface area contributed by atoms with Crippen LogP contribution in [0.4, 0.5) is 0 Å². The normalized spacial score (nSPS) is 17.6. The fraction of sp³-hybridized carbons (Fsp3) is 0.533. The minimum Gasteiger partial charge on any atom is -0.508 e. The monoisotopic (exact) mass is 297 g/mol. The summed E-state index contributed by atoms with van der Waals surface area (Å²) in [5.41, 5.74) is 0.0487. The van der Waals surface area contributed by atoms with Crippen molar-refractivity contribution < 1.29 is 15.0 Å². The van der Waals surface area contributed by atoms with Crippen LogP contribution in [0, 0.1) is 5.41 Å². The van der Waals surface area contributed by atoms with Crippen LogP contribution in [0.25, 0.3) is 0 Å². The number of carbonyl (C=O) groups excluding carboxylic acids is 1. The van der Waals surface area contributed by atoms with Crippen LogP contribution in [-0.4, -0.2) is 28.5 Å². The summed E-state index contributed by atoms with van der Waals surface area (Å²) < 4.78 is 0. The van der Waals surface area contributed by atoms with E-state index in [0.717, 1.165) is 25.7 Å². The molecule has 0 atom stereocenters. The van der Waals surface area contributed by atoms with Crippen LogP contribution in [0.1, 0.15) is 42.5 Å². The second-order valence-corrected chi connectivity index (χ2v) is 5.85. The van der Waals surface area contributed by atoms with Gasteiger partial charge in [-0.2, -0.15) is 0 Å². The van der Waals surface area contributed by atoms with Crippen LogP contribution in [0.2, 0.25) is 0 Å². The van der Waals surface area contributed by atoms with Gasteiger partial charge in [0.1, 0.15) is 11.5 Å². The number of rotatable bonds is 4. The number of hydrogen-bond acceptors (Lipinski definition) is 3. The molecular weight excluding hydrogens is 278 g/mol. The lowest BCUT2D eigenvalue weighted by Crippen LogP contribution is -2.40. The van der Waals surface area contributed by atoms with Crippen molar-refractivity contribution in [2.24, 2.45) is 5.41 Å². The van der Waals surface area contributed by atoms with E-state index >= 15 is 0 Å². The zero-order valence-corrected chi connectivity index (χ0v) is 12.1. The van der Waals surface area contributed by atoms with Crippen LogP contribution < -0.4 is 5.32 Å². The maximum Gasteiger partial charge on any atom is 0.255 e. The molecule has 0 saturated heterocycles. The van der Waals surface area contributed by atoms with Crippen LogP contribution in [0.15, 0.2) is 18.2 Å². The Kier molecular flexibility index (Phi) is 4.76. The molecule has 1 aromatic rings. The summed E-state index contributed by atoms with van der Waals surface area (Å²) in [6, 6.07) is 3.91. The second-order valence-electron chi connectivity index (χ2n) is 5.58. The molecule has 4 nitrogen and oxygen atoms in total. The lowest BCUT2D eigenvalue weighted by Gasteiger charge is -2.35. The topological polar surface area (TPSA) is 69.6 Å². The molecule has 1 fully saturated rings. The molecule has 1 aromatic carbocycles. The fourth-order valence-electron chi connectivity index (χ4n) is 2.73. The third-order valence-corrected chi connectivity index (χ3v) is 4.61. The summed E-state index contributed by atoms with van der Waals surface area (Å²) in [6.45, 7) is 0.504. The number of benzene rings is 1. The summed E-state index contributed by atoms with van der Waals surface area (Å²) in [7, 11) is 0. The van der Waals surface area contributed by atoms with Gasteiger partial charge in [0.05, 0.1) is 5.56 Å². The number of phenols is 2. The third kappa shape index (κ3) is 3.37. The van der Waals surface area contributed by atoms with E-state index in [-0.39, 0.29) is 28.4 Å². The van der Waals surface area contributed by atoms with Crippen LogP contribution >= 0.6 is 11.6 Å². The highest BCUT2D eigenvalue weighted by molar-refractivity contribution is 6.18. The van der Waals surface area contributed by atoms with E-state index in [9.17, 15) is 15.0 Å². The third-order valence-electron chi connectivity index (χ3n) is 4.05. The standard InChI is InChI=1S/C15H20ClNO3/c16-9-15(6-2-1-3-7-15)10-17-14(20)12-8-11(18)4-5-13(12)19/h4-5,8,18-19H,1-3,6-7,9-10H2,(H,17,20). The molecule has 5 heteroatoms. The van der Waals surface area contributed by atoms with Gasteiger partial charge in [0, 0.05) is 17.8 Å². The maximum absolute atomic E-state index is 12.1. The summed E-state index contributed by atoms with van der Waals surface area (Å²) >= 11 is 6.08. The minimum atomic E-state index is -0.381. The average molecular weight is 298 g/mol. The van der Waals surface area contributed by atoms with Crippen molar-refractivity contribution >= 4 is 17.5 Å². The highest BCUT2D eigenvalue weighted by Gasteiger charge is 2.31. The van der Waals surface area contributed by atoms with E-state index in [0.29, 0.717) is 12.4 Å². The first-order valence-corrected chi connectivity index (χ1v) is 7.46. The van der Waals surface area contributed by atoms with Gasteiger partial charge in [-0.1, -0.05) is 19.3 Å². The van der Waals surface area contributed by atoms with Crippen molar-refractivity contribution in [3.8, 4) is 11.5 Å². The number of carbonyl (C=O) groups is 1. The first-order valence-electron chi connectivity index (χ1n) is 6.92. The van der Waals surface area contributed by atoms with Crippen molar-refractivity contribution in [2.75, 3.05) is 12.4 Å². The molecule has 0 unspecified atom stereocenters. The van der Waals surface area contributed by atoms with Gasteiger partial charge in [-0.3, -0.25) is 4.79 Å². The highest BCUT2D eigenvalue weighted by atomic mass is 35.5. The van der Waals surface area contributed by atoms with E-state index in [1.54, 1.807) is 0 Å². The van der Waals surface area contributed by atoms with Gasteiger partial charge < -0.3 is 15.5 Å². The molecule has 3 N–H and O–H groups in total. The predicted octanol–water partition coefficient (Wildman–Crippen LogP) is 3.02. The molecule has 0 heterocycles. The minimum absolute atomic E-state index is 0.0398. The number of alkyl halides is 1. The number of amides is 1. The predicted molar refractivity (Wildman–Crippen MR) is 78.3 cm³/mol. The smallest absolute Gasteiger partial charge is 0.255 e. The van der Waals surface area contributed by atoms with Crippen molar-refractivity contribution in [1.29, 1.82) is 0 Å². The van der Waals surface area contributed by atoms with Gasteiger partial charge >= 0.3 is 0 Å². The van der Waals surface area contributed by atoms with Gasteiger partial charge in [-0.25, -0.2) is 0 Å². The molecule has 110 valence electrons. The van der Waals surface area contributed by atoms with Crippen molar-refractivity contribution in [1.82, 2.24) is 5.32 Å². The Hall–Kier alpha value is -1.42. The van der Waals surface area contributed by atoms with Crippen LogP contribution in [-0.2, 0) is 0 Å². The molecule has 0 bridgehead atoms. The van der Waals surface area contributed by atoms with Gasteiger partial charge in [-0.05, 0) is 31.0 Å². The number of nitrogens with one attached hydrogen (secondary N) is 1. The molecule has 1 aliphatic rings. The number of hydrogen-bond donors (Lipinski definition) is 3. The Balaban J connectivity index is 2.02. The molecule has 2 rings (SSSR count). The van der Waals surface area contributed by atoms with Crippen molar-refractivity contribution in [2.45, 2.75) is 32.1 Å². The van der Waals surface area contributed by atoms with Crippen molar-refractivity contribution in [3.05, 3.63) is 23.8 Å². The zero-order chi connectivity index (χ0) is 14.6. The lowest BCUT2D eigenvalue weighted by molar-refractivity contribution is 0.0918. The van der Waals surface area contributed by atoms with E-state index in [4.69, 9.17) is 11.6 Å².